The first-order valence-electron chi connectivity index (χ1n) is 6.39. The van der Waals surface area contributed by atoms with E-state index in [1.165, 1.54) is 0 Å². The lowest BCUT2D eigenvalue weighted by Gasteiger charge is -2.35. The molecular formula is C12H19N5O. The molecule has 18 heavy (non-hydrogen) atoms. The molecule has 3 rings (SSSR count). The van der Waals surface area contributed by atoms with Gasteiger partial charge < -0.3 is 15.4 Å². The Bertz CT molecular complexity index is 399. The molecule has 2 aliphatic rings. The number of anilines is 2. The van der Waals surface area contributed by atoms with Gasteiger partial charge >= 0.3 is 0 Å². The zero-order valence-corrected chi connectivity index (χ0v) is 10.3. The van der Waals surface area contributed by atoms with E-state index in [2.05, 4.69) is 20.7 Å². The molecule has 0 spiro atoms. The molecule has 3 heterocycles. The van der Waals surface area contributed by atoms with Gasteiger partial charge in [-0.1, -0.05) is 0 Å². The molecule has 0 aliphatic carbocycles. The lowest BCUT2D eigenvalue weighted by atomic mass is 9.95. The van der Waals surface area contributed by atoms with Crippen molar-refractivity contribution in [1.82, 2.24) is 15.8 Å². The maximum Gasteiger partial charge on any atom is 0.125 e. The molecule has 0 bridgehead atoms. The highest BCUT2D eigenvalue weighted by molar-refractivity contribution is 5.66. The fourth-order valence-electron chi connectivity index (χ4n) is 2.70. The molecule has 1 unspecified atom stereocenters. The summed E-state index contributed by atoms with van der Waals surface area (Å²) in [5.74, 6) is 0.569. The molecule has 1 atom stereocenters. The van der Waals surface area contributed by atoms with Crippen LogP contribution in [0.1, 0.15) is 12.8 Å². The van der Waals surface area contributed by atoms with E-state index in [9.17, 15) is 0 Å². The predicted molar refractivity (Wildman–Crippen MR) is 69.6 cm³/mol. The molecule has 98 valence electrons. The molecule has 2 aliphatic heterocycles. The Morgan fingerprint density at radius 3 is 2.89 bits per heavy atom. The maximum absolute atomic E-state index is 5.96. The van der Waals surface area contributed by atoms with Crippen LogP contribution < -0.4 is 21.5 Å². The highest BCUT2D eigenvalue weighted by Gasteiger charge is 2.29. The fourth-order valence-corrected chi connectivity index (χ4v) is 2.70. The van der Waals surface area contributed by atoms with Crippen LogP contribution in [0.5, 0.6) is 0 Å². The number of ether oxygens (including phenoxy) is 1. The number of pyridine rings is 1. The molecule has 4 N–H and O–H groups in total. The number of hydrogen-bond acceptors (Lipinski definition) is 6. The number of hydrazine groups is 1. The van der Waals surface area contributed by atoms with Gasteiger partial charge in [-0.15, -0.1) is 0 Å². The van der Waals surface area contributed by atoms with E-state index in [0.29, 0.717) is 12.6 Å². The highest BCUT2D eigenvalue weighted by Crippen LogP contribution is 2.28. The summed E-state index contributed by atoms with van der Waals surface area (Å²) < 4.78 is 5.58. The van der Waals surface area contributed by atoms with Gasteiger partial charge in [0.05, 0.1) is 17.6 Å². The second kappa shape index (κ2) is 5.09. The molecule has 6 nitrogen and oxygen atoms in total. The summed E-state index contributed by atoms with van der Waals surface area (Å²) in [6.07, 6.45) is 5.89. The minimum atomic E-state index is 0.155. The van der Waals surface area contributed by atoms with Gasteiger partial charge in [-0.05, 0) is 18.9 Å². The fraction of sp³-hybridized carbons (Fsp3) is 0.583. The maximum atomic E-state index is 5.96. The van der Waals surface area contributed by atoms with Crippen LogP contribution in [-0.2, 0) is 4.74 Å². The molecule has 0 radical (unpaired) electrons. The van der Waals surface area contributed by atoms with Crippen molar-refractivity contribution >= 4 is 11.4 Å². The predicted octanol–water partition coefficient (Wildman–Crippen LogP) is 0.288. The van der Waals surface area contributed by atoms with Crippen molar-refractivity contribution in [3.8, 4) is 0 Å². The number of hydrogen-bond donors (Lipinski definition) is 3. The van der Waals surface area contributed by atoms with Crippen molar-refractivity contribution in [2.75, 3.05) is 30.5 Å². The standard InChI is InChI=1S/C12H19N5O/c13-10-7-14-4-1-11(10)17-5-2-9(3-6-17)12-16-15-8-18-12/h1,4,7,9,12,15-16H,2-3,5-6,8,13H2. The molecule has 2 saturated heterocycles. The second-order valence-electron chi connectivity index (χ2n) is 4.81. The van der Waals surface area contributed by atoms with Crippen molar-refractivity contribution in [2.24, 2.45) is 5.92 Å². The van der Waals surface area contributed by atoms with Gasteiger partial charge in [-0.2, -0.15) is 0 Å². The average molecular weight is 249 g/mol. The highest BCUT2D eigenvalue weighted by atomic mass is 16.5. The van der Waals surface area contributed by atoms with Gasteiger partial charge in [0.2, 0.25) is 0 Å². The van der Waals surface area contributed by atoms with E-state index in [1.807, 2.05) is 6.07 Å². The van der Waals surface area contributed by atoms with Crippen LogP contribution in [-0.4, -0.2) is 31.0 Å². The quantitative estimate of drug-likeness (QED) is 0.699. The number of aromatic nitrogens is 1. The number of nitrogens with zero attached hydrogens (tertiary/aromatic N) is 2. The molecule has 2 fully saturated rings. The van der Waals surface area contributed by atoms with Crippen molar-refractivity contribution < 1.29 is 4.74 Å². The molecule has 1 aromatic rings. The summed E-state index contributed by atoms with van der Waals surface area (Å²) in [6.45, 7) is 2.63. The van der Waals surface area contributed by atoms with Crippen molar-refractivity contribution in [2.45, 2.75) is 19.1 Å². The molecular weight excluding hydrogens is 230 g/mol. The van der Waals surface area contributed by atoms with Crippen LogP contribution in [0.3, 0.4) is 0 Å². The van der Waals surface area contributed by atoms with Crippen LogP contribution in [0.25, 0.3) is 0 Å². The molecule has 6 heteroatoms. The van der Waals surface area contributed by atoms with Crippen LogP contribution in [0.2, 0.25) is 0 Å². The summed E-state index contributed by atoms with van der Waals surface area (Å²) >= 11 is 0. The van der Waals surface area contributed by atoms with Gasteiger partial charge in [0, 0.05) is 25.2 Å². The average Bonchev–Trinajstić information content (AvgIpc) is 2.94. The minimum absolute atomic E-state index is 0.155. The van der Waals surface area contributed by atoms with E-state index in [-0.39, 0.29) is 6.23 Å². The smallest absolute Gasteiger partial charge is 0.125 e. The molecule has 0 amide bonds. The van der Waals surface area contributed by atoms with Crippen LogP contribution in [0.4, 0.5) is 11.4 Å². The molecule has 1 aromatic heterocycles. The Morgan fingerprint density at radius 2 is 2.22 bits per heavy atom. The van der Waals surface area contributed by atoms with E-state index < -0.39 is 0 Å². The number of nitrogens with two attached hydrogens (primary N) is 1. The summed E-state index contributed by atoms with van der Waals surface area (Å²) in [7, 11) is 0. The lowest BCUT2D eigenvalue weighted by molar-refractivity contribution is 0.0419. The van der Waals surface area contributed by atoms with E-state index in [0.717, 1.165) is 37.3 Å². The number of rotatable bonds is 2. The monoisotopic (exact) mass is 249 g/mol. The van der Waals surface area contributed by atoms with Gasteiger partial charge in [-0.3, -0.25) is 4.98 Å². The normalized spacial score (nSPS) is 25.6. The number of piperidine rings is 1. The van der Waals surface area contributed by atoms with Gasteiger partial charge in [0.15, 0.2) is 0 Å². The third-order valence-corrected chi connectivity index (χ3v) is 3.72. The van der Waals surface area contributed by atoms with E-state index in [1.54, 1.807) is 12.4 Å². The largest absolute Gasteiger partial charge is 0.396 e. The number of nitrogen functional groups attached to an aromatic ring is 1. The summed E-state index contributed by atoms with van der Waals surface area (Å²) in [4.78, 5) is 6.36. The summed E-state index contributed by atoms with van der Waals surface area (Å²) in [6, 6.07) is 1.99. The second-order valence-corrected chi connectivity index (χ2v) is 4.81. The zero-order valence-electron chi connectivity index (χ0n) is 10.3. The van der Waals surface area contributed by atoms with Crippen molar-refractivity contribution in [1.29, 1.82) is 0 Å². The molecule has 0 saturated carbocycles. The van der Waals surface area contributed by atoms with Crippen molar-refractivity contribution in [3.63, 3.8) is 0 Å². The first-order chi connectivity index (χ1) is 8.84. The van der Waals surface area contributed by atoms with E-state index in [4.69, 9.17) is 10.5 Å². The first kappa shape index (κ1) is 11.7. The van der Waals surface area contributed by atoms with Crippen LogP contribution in [0.15, 0.2) is 18.5 Å². The van der Waals surface area contributed by atoms with Crippen LogP contribution >= 0.6 is 0 Å². The Morgan fingerprint density at radius 1 is 1.39 bits per heavy atom. The number of nitrogens with one attached hydrogen (secondary N) is 2. The first-order valence-corrected chi connectivity index (χ1v) is 6.39. The summed E-state index contributed by atoms with van der Waals surface area (Å²) in [5, 5.41) is 0. The molecule has 0 aromatic carbocycles. The topological polar surface area (TPSA) is 75.4 Å². The summed E-state index contributed by atoms with van der Waals surface area (Å²) in [5.41, 5.74) is 14.0. The third kappa shape index (κ3) is 2.27. The minimum Gasteiger partial charge on any atom is -0.396 e. The van der Waals surface area contributed by atoms with Crippen LogP contribution in [0, 0.1) is 5.92 Å². The Balaban J connectivity index is 1.61. The Kier molecular flexibility index (Phi) is 3.31. The van der Waals surface area contributed by atoms with E-state index >= 15 is 0 Å². The van der Waals surface area contributed by atoms with Crippen molar-refractivity contribution in [3.05, 3.63) is 18.5 Å². The Labute approximate surface area is 106 Å². The third-order valence-electron chi connectivity index (χ3n) is 3.72. The zero-order chi connectivity index (χ0) is 12.4. The van der Waals surface area contributed by atoms with Gasteiger partial charge in [0.25, 0.3) is 0 Å². The SMILES string of the molecule is Nc1cnccc1N1CCC(C2NNCO2)CC1. The van der Waals surface area contributed by atoms with Gasteiger partial charge in [-0.25, -0.2) is 10.9 Å². The van der Waals surface area contributed by atoms with Gasteiger partial charge in [0.1, 0.15) is 13.0 Å². The lowest BCUT2D eigenvalue weighted by Crippen LogP contribution is -2.43. The Hall–Kier alpha value is -1.37.